The third kappa shape index (κ3) is 4.09. The van der Waals surface area contributed by atoms with E-state index in [1.165, 1.54) is 13.2 Å². The number of ether oxygens (including phenoxy) is 1. The van der Waals surface area contributed by atoms with Gasteiger partial charge in [-0.05, 0) is 30.2 Å². The number of methoxy groups -OCH3 is 1. The molecule has 0 unspecified atom stereocenters. The summed E-state index contributed by atoms with van der Waals surface area (Å²) in [4.78, 5) is 12.1. The van der Waals surface area contributed by atoms with Crippen LogP contribution < -0.4 is 10.1 Å². The molecular weight excluding hydrogens is 304 g/mol. The minimum Gasteiger partial charge on any atom is -0.497 e. The van der Waals surface area contributed by atoms with E-state index in [1.807, 2.05) is 6.07 Å². The van der Waals surface area contributed by atoms with Crippen LogP contribution in [0.25, 0.3) is 6.08 Å². The Bertz CT molecular complexity index is 747. The van der Waals surface area contributed by atoms with Crippen molar-refractivity contribution in [1.82, 2.24) is 5.32 Å². The predicted octanol–water partition coefficient (Wildman–Crippen LogP) is 0.905. The standard InChI is InChI=1S/C15H16N2O4S/c1-21-14-4-2-3-11(8-14)7-12(9-16)15(18)17-13-5-6-22(19,20)10-13/h2-4,7-8,13H,5-6,10H2,1H3,(H,17,18)/b12-7+/t13-/m0/s1. The van der Waals surface area contributed by atoms with Crippen LogP contribution in [0, 0.1) is 11.3 Å². The second kappa shape index (κ2) is 6.62. The number of hydrogen-bond donors (Lipinski definition) is 1. The van der Waals surface area contributed by atoms with E-state index < -0.39 is 21.8 Å². The van der Waals surface area contributed by atoms with E-state index in [4.69, 9.17) is 10.00 Å². The fourth-order valence-corrected chi connectivity index (χ4v) is 3.89. The van der Waals surface area contributed by atoms with E-state index in [0.29, 0.717) is 17.7 Å². The Kier molecular flexibility index (Phi) is 4.83. The Labute approximate surface area is 129 Å². The van der Waals surface area contributed by atoms with Crippen LogP contribution in [0.2, 0.25) is 0 Å². The fraction of sp³-hybridized carbons (Fsp3) is 0.333. The molecule has 1 N–H and O–H groups in total. The minimum atomic E-state index is -3.08. The Balaban J connectivity index is 2.12. The van der Waals surface area contributed by atoms with Crippen LogP contribution in [-0.4, -0.2) is 39.0 Å². The molecule has 1 aromatic carbocycles. The van der Waals surface area contributed by atoms with Crippen molar-refractivity contribution in [3.63, 3.8) is 0 Å². The Morgan fingerprint density at radius 3 is 2.86 bits per heavy atom. The second-order valence-electron chi connectivity index (χ2n) is 5.02. The lowest BCUT2D eigenvalue weighted by Gasteiger charge is -2.10. The van der Waals surface area contributed by atoms with Crippen LogP contribution in [0.15, 0.2) is 29.8 Å². The van der Waals surface area contributed by atoms with Crippen LogP contribution >= 0.6 is 0 Å². The molecule has 116 valence electrons. The first kappa shape index (κ1) is 16.0. The van der Waals surface area contributed by atoms with Crippen molar-refractivity contribution in [1.29, 1.82) is 5.26 Å². The zero-order valence-electron chi connectivity index (χ0n) is 12.1. The lowest BCUT2D eigenvalue weighted by molar-refractivity contribution is -0.117. The molecule has 0 bridgehead atoms. The molecule has 1 amide bonds. The normalized spacial score (nSPS) is 20.2. The zero-order valence-corrected chi connectivity index (χ0v) is 12.9. The first-order valence-electron chi connectivity index (χ1n) is 6.70. The van der Waals surface area contributed by atoms with Gasteiger partial charge >= 0.3 is 0 Å². The van der Waals surface area contributed by atoms with Crippen molar-refractivity contribution < 1.29 is 17.9 Å². The number of carbonyl (C=O) groups is 1. The van der Waals surface area contributed by atoms with Gasteiger partial charge in [0, 0.05) is 6.04 Å². The van der Waals surface area contributed by atoms with E-state index in [2.05, 4.69) is 5.32 Å². The van der Waals surface area contributed by atoms with Gasteiger partial charge in [0.15, 0.2) is 9.84 Å². The minimum absolute atomic E-state index is 0.0689. The highest BCUT2D eigenvalue weighted by Crippen LogP contribution is 2.16. The largest absolute Gasteiger partial charge is 0.497 e. The van der Waals surface area contributed by atoms with E-state index in [9.17, 15) is 13.2 Å². The zero-order chi connectivity index (χ0) is 16.2. The smallest absolute Gasteiger partial charge is 0.262 e. The average Bonchev–Trinajstić information content (AvgIpc) is 2.83. The summed E-state index contributed by atoms with van der Waals surface area (Å²) in [6, 6.07) is 8.36. The molecule has 1 fully saturated rings. The van der Waals surface area contributed by atoms with Crippen molar-refractivity contribution in [3.05, 3.63) is 35.4 Å². The van der Waals surface area contributed by atoms with Gasteiger partial charge in [0.05, 0.1) is 18.6 Å². The van der Waals surface area contributed by atoms with Gasteiger partial charge in [-0.15, -0.1) is 0 Å². The van der Waals surface area contributed by atoms with Crippen LogP contribution in [0.3, 0.4) is 0 Å². The maximum Gasteiger partial charge on any atom is 0.262 e. The number of hydrogen-bond acceptors (Lipinski definition) is 5. The van der Waals surface area contributed by atoms with Crippen molar-refractivity contribution in [3.8, 4) is 11.8 Å². The fourth-order valence-electron chi connectivity index (χ4n) is 2.22. The number of benzene rings is 1. The molecule has 0 aromatic heterocycles. The summed E-state index contributed by atoms with van der Waals surface area (Å²) < 4.78 is 27.8. The van der Waals surface area contributed by atoms with Gasteiger partial charge in [-0.25, -0.2) is 8.42 Å². The molecule has 6 nitrogen and oxygen atoms in total. The summed E-state index contributed by atoms with van der Waals surface area (Å²) in [6.07, 6.45) is 1.83. The van der Waals surface area contributed by atoms with Gasteiger partial charge in [0.2, 0.25) is 0 Å². The van der Waals surface area contributed by atoms with E-state index >= 15 is 0 Å². The summed E-state index contributed by atoms with van der Waals surface area (Å²) in [5.41, 5.74) is 0.586. The second-order valence-corrected chi connectivity index (χ2v) is 7.25. The van der Waals surface area contributed by atoms with Crippen molar-refractivity contribution in [2.45, 2.75) is 12.5 Å². The molecule has 1 aliphatic rings. The maximum atomic E-state index is 12.1. The number of nitriles is 1. The highest BCUT2D eigenvalue weighted by atomic mass is 32.2. The highest BCUT2D eigenvalue weighted by molar-refractivity contribution is 7.91. The monoisotopic (exact) mass is 320 g/mol. The molecule has 1 saturated heterocycles. The Morgan fingerprint density at radius 1 is 1.50 bits per heavy atom. The number of amides is 1. The van der Waals surface area contributed by atoms with Gasteiger partial charge in [-0.2, -0.15) is 5.26 Å². The van der Waals surface area contributed by atoms with Crippen LogP contribution in [0.1, 0.15) is 12.0 Å². The molecule has 0 aliphatic carbocycles. The van der Waals surface area contributed by atoms with Gasteiger partial charge in [0.1, 0.15) is 17.4 Å². The van der Waals surface area contributed by atoms with E-state index in [0.717, 1.165) is 0 Å². The number of nitrogens with zero attached hydrogens (tertiary/aromatic N) is 1. The third-order valence-electron chi connectivity index (χ3n) is 3.34. The van der Waals surface area contributed by atoms with E-state index in [1.54, 1.807) is 24.3 Å². The molecule has 1 heterocycles. The first-order chi connectivity index (χ1) is 10.4. The van der Waals surface area contributed by atoms with Crippen LogP contribution in [0.5, 0.6) is 5.75 Å². The summed E-state index contributed by atoms with van der Waals surface area (Å²) in [5.74, 6) is 0.0523. The molecule has 1 aromatic rings. The Morgan fingerprint density at radius 2 is 2.27 bits per heavy atom. The SMILES string of the molecule is COc1cccc(/C=C(\C#N)C(=O)N[C@H]2CCS(=O)(=O)C2)c1. The van der Waals surface area contributed by atoms with Gasteiger partial charge in [-0.1, -0.05) is 12.1 Å². The quantitative estimate of drug-likeness (QED) is 0.657. The molecular formula is C15H16N2O4S. The van der Waals surface area contributed by atoms with Crippen molar-refractivity contribution in [2.24, 2.45) is 0 Å². The molecule has 0 spiro atoms. The summed E-state index contributed by atoms with van der Waals surface area (Å²) >= 11 is 0. The van der Waals surface area contributed by atoms with Crippen LogP contribution in [0.4, 0.5) is 0 Å². The summed E-state index contributed by atoms with van der Waals surface area (Å²) in [5, 5.41) is 11.7. The number of rotatable bonds is 4. The number of nitrogens with one attached hydrogen (secondary N) is 1. The van der Waals surface area contributed by atoms with Gasteiger partial charge < -0.3 is 10.1 Å². The molecule has 1 atom stereocenters. The highest BCUT2D eigenvalue weighted by Gasteiger charge is 2.29. The van der Waals surface area contributed by atoms with Gasteiger partial charge in [-0.3, -0.25) is 4.79 Å². The molecule has 1 aliphatic heterocycles. The van der Waals surface area contributed by atoms with Crippen molar-refractivity contribution in [2.75, 3.05) is 18.6 Å². The molecule has 0 radical (unpaired) electrons. The van der Waals surface area contributed by atoms with E-state index in [-0.39, 0.29) is 17.1 Å². The predicted molar refractivity (Wildman–Crippen MR) is 81.8 cm³/mol. The summed E-state index contributed by atoms with van der Waals surface area (Å²) in [6.45, 7) is 0. The summed E-state index contributed by atoms with van der Waals surface area (Å²) in [7, 11) is -1.55. The lowest BCUT2D eigenvalue weighted by atomic mass is 10.1. The van der Waals surface area contributed by atoms with Crippen molar-refractivity contribution >= 4 is 21.8 Å². The topological polar surface area (TPSA) is 96.3 Å². The Hall–Kier alpha value is -2.33. The first-order valence-corrected chi connectivity index (χ1v) is 8.53. The third-order valence-corrected chi connectivity index (χ3v) is 5.11. The molecule has 0 saturated carbocycles. The maximum absolute atomic E-state index is 12.1. The van der Waals surface area contributed by atoms with Crippen LogP contribution in [-0.2, 0) is 14.6 Å². The molecule has 22 heavy (non-hydrogen) atoms. The lowest BCUT2D eigenvalue weighted by Crippen LogP contribution is -2.36. The van der Waals surface area contributed by atoms with Gasteiger partial charge in [0.25, 0.3) is 5.91 Å². The number of sulfone groups is 1. The average molecular weight is 320 g/mol. The molecule has 7 heteroatoms. The molecule has 2 rings (SSSR count). The number of carbonyl (C=O) groups excluding carboxylic acids is 1.